The van der Waals surface area contributed by atoms with Gasteiger partial charge in [-0.1, -0.05) is 30.6 Å². The van der Waals surface area contributed by atoms with Crippen LogP contribution in [0.1, 0.15) is 76.2 Å². The van der Waals surface area contributed by atoms with Gasteiger partial charge in [-0.2, -0.15) is 0 Å². The number of allylic oxidation sites excluding steroid dienone is 4. The van der Waals surface area contributed by atoms with Crippen molar-refractivity contribution in [2.75, 3.05) is 32.2 Å². The first-order valence-electron chi connectivity index (χ1n) is 16.0. The number of nitrogens with zero attached hydrogens (tertiary/aromatic N) is 3. The molecule has 2 amide bonds. The van der Waals surface area contributed by atoms with Crippen LogP contribution in [0.4, 0.5) is 5.69 Å². The van der Waals surface area contributed by atoms with Gasteiger partial charge in [0.25, 0.3) is 11.8 Å². The van der Waals surface area contributed by atoms with E-state index in [1.165, 1.54) is 11.1 Å². The standard InChI is InChI=1S/C34H40N3O7P/c1-33-21-28(22-4-7-24(8-5-22)35(2)3)32-26-11-9-25(38)20-23(26)6-10-27(32)29(33)12-15-34(33,41)16-19-45(42,36-30(39)13-17-43-36)37-31(40)14-18-44-37/h4-5,7-8,20,27-29,41H,6,9-15,17-18,21H2,1-3H3/t27-,28+,29-,33-,34+/m0/s1. The Morgan fingerprint density at radius 2 is 1.62 bits per heavy atom. The third-order valence-electron chi connectivity index (χ3n) is 11.1. The van der Waals surface area contributed by atoms with Crippen molar-refractivity contribution in [1.29, 1.82) is 0 Å². The molecule has 0 aromatic heterocycles. The first kappa shape index (κ1) is 30.4. The van der Waals surface area contributed by atoms with Crippen molar-refractivity contribution in [3.05, 3.63) is 52.6 Å². The monoisotopic (exact) mass is 633 g/mol. The zero-order chi connectivity index (χ0) is 31.7. The summed E-state index contributed by atoms with van der Waals surface area (Å²) in [6.07, 6.45) is 6.58. The fourth-order valence-corrected chi connectivity index (χ4v) is 10.7. The van der Waals surface area contributed by atoms with Crippen molar-refractivity contribution in [3.8, 4) is 11.6 Å². The van der Waals surface area contributed by atoms with E-state index in [9.17, 15) is 24.1 Å². The van der Waals surface area contributed by atoms with Crippen molar-refractivity contribution >= 4 is 30.7 Å². The molecule has 45 heavy (non-hydrogen) atoms. The molecule has 2 saturated heterocycles. The molecule has 11 heteroatoms. The normalized spacial score (nSPS) is 33.0. The highest BCUT2D eigenvalue weighted by atomic mass is 31.2. The molecule has 1 aromatic rings. The number of hydrogen-bond donors (Lipinski definition) is 1. The summed E-state index contributed by atoms with van der Waals surface area (Å²) in [6, 6.07) is 8.57. The Hall–Kier alpha value is -3.22. The van der Waals surface area contributed by atoms with Gasteiger partial charge in [0.2, 0.25) is 0 Å². The molecule has 1 aromatic carbocycles. The van der Waals surface area contributed by atoms with E-state index in [1.54, 1.807) is 0 Å². The number of fused-ring (bicyclic) bond motifs is 4. The Kier molecular flexibility index (Phi) is 7.40. The Labute approximate surface area is 263 Å². The highest BCUT2D eigenvalue weighted by Gasteiger charge is 2.63. The van der Waals surface area contributed by atoms with Crippen LogP contribution in [-0.2, 0) is 28.6 Å². The smallest absolute Gasteiger partial charge is 0.378 e. The van der Waals surface area contributed by atoms with Gasteiger partial charge >= 0.3 is 7.44 Å². The predicted molar refractivity (Wildman–Crippen MR) is 166 cm³/mol. The summed E-state index contributed by atoms with van der Waals surface area (Å²) in [5.74, 6) is 2.45. The summed E-state index contributed by atoms with van der Waals surface area (Å²) in [6.45, 7) is 2.16. The fraction of sp³-hybridized carbons (Fsp3) is 0.559. The SMILES string of the molecule is CN(C)c1ccc([C@H]2C[C@@]3(C)[C@@H](CC[C@@]3(O)C#CP(=O)(N3OCCC3=O)N3OCCC3=O)[C@@H]3CCC4=CC(=O)CCC4=C32)cc1. The van der Waals surface area contributed by atoms with Crippen molar-refractivity contribution in [2.24, 2.45) is 17.3 Å². The lowest BCUT2D eigenvalue weighted by atomic mass is 9.51. The van der Waals surface area contributed by atoms with Crippen LogP contribution in [0, 0.1) is 28.8 Å². The van der Waals surface area contributed by atoms with E-state index in [0.717, 1.165) is 42.5 Å². The highest BCUT2D eigenvalue weighted by Crippen LogP contribution is 2.67. The fourth-order valence-electron chi connectivity index (χ4n) is 8.74. The van der Waals surface area contributed by atoms with Gasteiger partial charge in [0.15, 0.2) is 5.78 Å². The van der Waals surface area contributed by atoms with Gasteiger partial charge in [0.05, 0.1) is 26.1 Å². The number of ketones is 1. The molecule has 0 unspecified atom stereocenters. The number of hydroxylamine groups is 2. The number of carbonyl (C=O) groups excluding carboxylic acids is 3. The predicted octanol–water partition coefficient (Wildman–Crippen LogP) is 4.87. The Morgan fingerprint density at radius 1 is 0.956 bits per heavy atom. The van der Waals surface area contributed by atoms with Crippen LogP contribution in [0.15, 0.2) is 47.1 Å². The molecular weight excluding hydrogens is 593 g/mol. The summed E-state index contributed by atoms with van der Waals surface area (Å²) in [7, 11) is -0.272. The van der Waals surface area contributed by atoms with Crippen molar-refractivity contribution in [1.82, 2.24) is 9.67 Å². The van der Waals surface area contributed by atoms with Crippen LogP contribution in [0.25, 0.3) is 0 Å². The molecule has 4 aliphatic carbocycles. The van der Waals surface area contributed by atoms with Crippen molar-refractivity contribution in [2.45, 2.75) is 76.2 Å². The van der Waals surface area contributed by atoms with Gasteiger partial charge < -0.3 is 10.0 Å². The number of carbonyl (C=O) groups is 3. The topological polar surface area (TPSA) is 117 Å². The van der Waals surface area contributed by atoms with Crippen molar-refractivity contribution in [3.63, 3.8) is 0 Å². The van der Waals surface area contributed by atoms with Crippen LogP contribution in [0.3, 0.4) is 0 Å². The first-order valence-corrected chi connectivity index (χ1v) is 17.6. The molecule has 5 atom stereocenters. The second kappa shape index (κ2) is 10.9. The van der Waals surface area contributed by atoms with E-state index < -0.39 is 30.3 Å². The number of rotatable bonds is 4. The molecular formula is C34H40N3O7P. The van der Waals surface area contributed by atoms with Gasteiger partial charge in [0.1, 0.15) is 5.60 Å². The minimum Gasteiger partial charge on any atom is -0.378 e. The summed E-state index contributed by atoms with van der Waals surface area (Å²) in [5.41, 5.74) is 6.65. The maximum Gasteiger partial charge on any atom is 0.386 e. The maximum atomic E-state index is 14.4. The quantitative estimate of drug-likeness (QED) is 0.369. The second-order valence-corrected chi connectivity index (χ2v) is 15.7. The van der Waals surface area contributed by atoms with Crippen LogP contribution in [0.2, 0.25) is 0 Å². The Bertz CT molecular complexity index is 1610. The lowest BCUT2D eigenvalue weighted by Crippen LogP contribution is -2.51. The van der Waals surface area contributed by atoms with Gasteiger partial charge in [-0.05, 0) is 85.3 Å². The molecule has 0 spiro atoms. The van der Waals surface area contributed by atoms with E-state index in [2.05, 4.69) is 47.7 Å². The molecule has 7 rings (SSSR count). The van der Waals surface area contributed by atoms with Gasteiger partial charge in [0, 0.05) is 43.2 Å². The molecule has 6 aliphatic rings. The van der Waals surface area contributed by atoms with Crippen molar-refractivity contribution < 1.29 is 33.7 Å². The minimum atomic E-state index is -4.29. The lowest BCUT2D eigenvalue weighted by Gasteiger charge is -2.53. The number of hydrogen-bond acceptors (Lipinski definition) is 8. The summed E-state index contributed by atoms with van der Waals surface area (Å²) in [4.78, 5) is 52.1. The molecule has 0 bridgehead atoms. The van der Waals surface area contributed by atoms with Crippen LogP contribution in [0.5, 0.6) is 0 Å². The third kappa shape index (κ3) is 4.74. The molecule has 0 radical (unpaired) electrons. The number of anilines is 1. The zero-order valence-electron chi connectivity index (χ0n) is 26.1. The second-order valence-electron chi connectivity index (χ2n) is 13.7. The van der Waals surface area contributed by atoms with Crippen LogP contribution in [-0.4, -0.2) is 65.3 Å². The highest BCUT2D eigenvalue weighted by molar-refractivity contribution is 7.65. The van der Waals surface area contributed by atoms with Gasteiger partial charge in [-0.3, -0.25) is 28.6 Å². The third-order valence-corrected chi connectivity index (χ3v) is 13.1. The van der Waals surface area contributed by atoms with Gasteiger partial charge in [-0.25, -0.2) is 0 Å². The Balaban J connectivity index is 1.32. The largest absolute Gasteiger partial charge is 0.386 e. The minimum absolute atomic E-state index is 0.00424. The summed E-state index contributed by atoms with van der Waals surface area (Å²) >= 11 is 0. The molecule has 2 saturated carbocycles. The van der Waals surface area contributed by atoms with E-state index >= 15 is 0 Å². The van der Waals surface area contributed by atoms with Crippen LogP contribution < -0.4 is 4.90 Å². The number of aliphatic hydroxyl groups is 1. The maximum absolute atomic E-state index is 14.4. The summed E-state index contributed by atoms with van der Waals surface area (Å²) < 4.78 is 14.4. The molecule has 238 valence electrons. The number of amides is 2. The zero-order valence-corrected chi connectivity index (χ0v) is 27.0. The van der Waals surface area contributed by atoms with Gasteiger partial charge in [-0.15, -0.1) is 9.67 Å². The van der Waals surface area contributed by atoms with E-state index in [1.807, 2.05) is 20.2 Å². The average Bonchev–Trinajstić information content (AvgIpc) is 3.73. The van der Waals surface area contributed by atoms with E-state index in [-0.39, 0.29) is 49.6 Å². The average molecular weight is 634 g/mol. The molecule has 2 aliphatic heterocycles. The molecule has 1 N–H and O–H groups in total. The van der Waals surface area contributed by atoms with Crippen LogP contribution >= 0.6 is 7.44 Å². The molecule has 4 fully saturated rings. The van der Waals surface area contributed by atoms with E-state index in [0.29, 0.717) is 28.9 Å². The molecule has 2 heterocycles. The Morgan fingerprint density at radius 3 is 2.22 bits per heavy atom. The van der Waals surface area contributed by atoms with E-state index in [4.69, 9.17) is 9.68 Å². The lowest BCUT2D eigenvalue weighted by molar-refractivity contribution is -0.151. The summed E-state index contributed by atoms with van der Waals surface area (Å²) in [5, 5.41) is 12.5. The molecule has 10 nitrogen and oxygen atoms in total. The number of benzene rings is 1. The first-order chi connectivity index (χ1) is 21.4.